The molecular weight excluding hydrogens is 324 g/mol. The van der Waals surface area contributed by atoms with Gasteiger partial charge in [0.05, 0.1) is 4.90 Å². The van der Waals surface area contributed by atoms with Gasteiger partial charge in [0.2, 0.25) is 10.0 Å². The third-order valence-electron chi connectivity index (χ3n) is 1.96. The predicted molar refractivity (Wildman–Crippen MR) is 71.3 cm³/mol. The van der Waals surface area contributed by atoms with Crippen molar-refractivity contribution in [1.82, 2.24) is 10.0 Å². The second kappa shape index (κ2) is 6.03. The number of halogens is 1. The highest BCUT2D eigenvalue weighted by atomic mass is 79.9. The van der Waals surface area contributed by atoms with E-state index in [9.17, 15) is 13.2 Å². The molecular formula is C9H13BrN4O3S. The second-order valence-corrected chi connectivity index (χ2v) is 5.97. The molecule has 6 N–H and O–H groups in total. The molecule has 0 radical (unpaired) electrons. The molecule has 18 heavy (non-hydrogen) atoms. The number of carbonyl (C=O) groups excluding carboxylic acids is 1. The molecule has 0 heterocycles. The van der Waals surface area contributed by atoms with Crippen molar-refractivity contribution < 1.29 is 13.2 Å². The van der Waals surface area contributed by atoms with Crippen LogP contribution in [0, 0.1) is 0 Å². The fraction of sp³-hybridized carbons (Fsp3) is 0.222. The summed E-state index contributed by atoms with van der Waals surface area (Å²) in [4.78, 5) is 10.4. The van der Waals surface area contributed by atoms with Crippen molar-refractivity contribution in [3.63, 3.8) is 0 Å². The molecule has 0 aliphatic heterocycles. The van der Waals surface area contributed by atoms with Gasteiger partial charge in [-0.2, -0.15) is 0 Å². The van der Waals surface area contributed by atoms with Gasteiger partial charge in [0.15, 0.2) is 0 Å². The van der Waals surface area contributed by atoms with E-state index >= 15 is 0 Å². The lowest BCUT2D eigenvalue weighted by Gasteiger charge is -2.09. The number of nitrogens with two attached hydrogens (primary N) is 2. The van der Waals surface area contributed by atoms with Crippen molar-refractivity contribution in [1.29, 1.82) is 0 Å². The zero-order valence-electron chi connectivity index (χ0n) is 9.31. The minimum Gasteiger partial charge on any atom is -0.399 e. The Morgan fingerprint density at radius 3 is 2.61 bits per heavy atom. The summed E-state index contributed by atoms with van der Waals surface area (Å²) >= 11 is 3.13. The lowest BCUT2D eigenvalue weighted by atomic mass is 10.3. The number of urea groups is 1. The molecule has 9 heteroatoms. The Morgan fingerprint density at radius 1 is 1.33 bits per heavy atom. The molecule has 0 bridgehead atoms. The van der Waals surface area contributed by atoms with Crippen molar-refractivity contribution in [3.8, 4) is 0 Å². The van der Waals surface area contributed by atoms with Crippen LogP contribution in [0.4, 0.5) is 10.5 Å². The molecule has 0 spiro atoms. The van der Waals surface area contributed by atoms with Crippen LogP contribution in [0.25, 0.3) is 0 Å². The Morgan fingerprint density at radius 2 is 2.00 bits per heavy atom. The minimum absolute atomic E-state index is 0.0342. The zero-order chi connectivity index (χ0) is 13.8. The smallest absolute Gasteiger partial charge is 0.312 e. The molecule has 1 aromatic carbocycles. The Bertz CT molecular complexity index is 547. The summed E-state index contributed by atoms with van der Waals surface area (Å²) in [5, 5.41) is 2.27. The first kappa shape index (κ1) is 14.7. The van der Waals surface area contributed by atoms with Crippen LogP contribution in [0.2, 0.25) is 0 Å². The third-order valence-corrected chi connectivity index (χ3v) is 4.42. The van der Waals surface area contributed by atoms with Crippen molar-refractivity contribution in [2.75, 3.05) is 18.8 Å². The highest BCUT2D eigenvalue weighted by Gasteiger charge is 2.17. The molecule has 0 saturated carbocycles. The summed E-state index contributed by atoms with van der Waals surface area (Å²) in [7, 11) is -3.68. The number of rotatable bonds is 5. The molecule has 0 aliphatic carbocycles. The van der Waals surface area contributed by atoms with E-state index in [1.165, 1.54) is 6.07 Å². The molecule has 2 amide bonds. The molecule has 0 atom stereocenters. The van der Waals surface area contributed by atoms with E-state index in [1.807, 2.05) is 0 Å². The molecule has 0 aliphatic rings. The SMILES string of the molecule is NC(=O)NCCNS(=O)(=O)c1cc(N)ccc1Br. The summed E-state index contributed by atoms with van der Waals surface area (Å²) in [5.41, 5.74) is 10.7. The van der Waals surface area contributed by atoms with Gasteiger partial charge in [-0.3, -0.25) is 0 Å². The van der Waals surface area contributed by atoms with Crippen LogP contribution in [0.3, 0.4) is 0 Å². The first-order valence-corrected chi connectivity index (χ1v) is 7.18. The predicted octanol–water partition coefficient (Wildman–Crippen LogP) is -0.0221. The summed E-state index contributed by atoms with van der Waals surface area (Å²) in [6.45, 7) is 0.140. The van der Waals surface area contributed by atoms with Crippen molar-refractivity contribution in [2.45, 2.75) is 4.90 Å². The van der Waals surface area contributed by atoms with E-state index in [-0.39, 0.29) is 18.0 Å². The number of primary amides is 1. The van der Waals surface area contributed by atoms with Gasteiger partial charge in [-0.15, -0.1) is 0 Å². The molecule has 7 nitrogen and oxygen atoms in total. The van der Waals surface area contributed by atoms with Gasteiger partial charge in [0.25, 0.3) is 0 Å². The molecule has 0 aromatic heterocycles. The average Bonchev–Trinajstić information content (AvgIpc) is 2.27. The quantitative estimate of drug-likeness (QED) is 0.445. The molecule has 1 rings (SSSR count). The fourth-order valence-electron chi connectivity index (χ4n) is 1.17. The van der Waals surface area contributed by atoms with Gasteiger partial charge in [-0.1, -0.05) is 0 Å². The van der Waals surface area contributed by atoms with E-state index in [0.29, 0.717) is 10.2 Å². The van der Waals surface area contributed by atoms with E-state index in [0.717, 1.165) is 0 Å². The van der Waals surface area contributed by atoms with Crippen molar-refractivity contribution >= 4 is 37.7 Å². The van der Waals surface area contributed by atoms with Crippen LogP contribution >= 0.6 is 15.9 Å². The Hall–Kier alpha value is -1.32. The first-order chi connectivity index (χ1) is 8.33. The number of benzene rings is 1. The molecule has 1 aromatic rings. The molecule has 0 fully saturated rings. The van der Waals surface area contributed by atoms with E-state index in [2.05, 4.69) is 26.0 Å². The van der Waals surface area contributed by atoms with Crippen LogP contribution in [0.1, 0.15) is 0 Å². The Balaban J connectivity index is 2.74. The Labute approximate surface area is 113 Å². The van der Waals surface area contributed by atoms with Crippen LogP contribution in [0.5, 0.6) is 0 Å². The van der Waals surface area contributed by atoms with Crippen LogP contribution in [-0.4, -0.2) is 27.5 Å². The molecule has 0 unspecified atom stereocenters. The summed E-state index contributed by atoms with van der Waals surface area (Å²) in [5.74, 6) is 0. The van der Waals surface area contributed by atoms with E-state index in [1.54, 1.807) is 12.1 Å². The average molecular weight is 337 g/mol. The van der Waals surface area contributed by atoms with Gasteiger partial charge < -0.3 is 16.8 Å². The number of sulfonamides is 1. The Kier molecular flexibility index (Phi) is 4.93. The highest BCUT2D eigenvalue weighted by molar-refractivity contribution is 9.10. The zero-order valence-corrected chi connectivity index (χ0v) is 11.7. The van der Waals surface area contributed by atoms with Crippen LogP contribution in [0.15, 0.2) is 27.6 Å². The third kappa shape index (κ3) is 4.17. The number of carbonyl (C=O) groups is 1. The maximum absolute atomic E-state index is 11.9. The van der Waals surface area contributed by atoms with E-state index in [4.69, 9.17) is 11.5 Å². The second-order valence-electron chi connectivity index (χ2n) is 3.38. The topological polar surface area (TPSA) is 127 Å². The van der Waals surface area contributed by atoms with Crippen molar-refractivity contribution in [2.24, 2.45) is 5.73 Å². The fourth-order valence-corrected chi connectivity index (χ4v) is 3.20. The lowest BCUT2D eigenvalue weighted by Crippen LogP contribution is -2.37. The number of nitrogens with one attached hydrogen (secondary N) is 2. The van der Waals surface area contributed by atoms with Gasteiger partial charge in [-0.05, 0) is 34.1 Å². The van der Waals surface area contributed by atoms with Crippen LogP contribution < -0.4 is 21.5 Å². The van der Waals surface area contributed by atoms with Crippen LogP contribution in [-0.2, 0) is 10.0 Å². The number of hydrogen-bond donors (Lipinski definition) is 4. The highest BCUT2D eigenvalue weighted by Crippen LogP contribution is 2.23. The maximum atomic E-state index is 11.9. The lowest BCUT2D eigenvalue weighted by molar-refractivity contribution is 0.249. The number of amides is 2. The standard InChI is InChI=1S/C9H13BrN4O3S/c10-7-2-1-6(11)5-8(7)18(16,17)14-4-3-13-9(12)15/h1-2,5,14H,3-4,11H2,(H3,12,13,15). The minimum atomic E-state index is -3.68. The first-order valence-electron chi connectivity index (χ1n) is 4.91. The maximum Gasteiger partial charge on any atom is 0.312 e. The van der Waals surface area contributed by atoms with Gasteiger partial charge in [0, 0.05) is 23.2 Å². The summed E-state index contributed by atoms with van der Waals surface area (Å²) < 4.78 is 26.5. The number of hydrogen-bond acceptors (Lipinski definition) is 4. The molecule has 0 saturated heterocycles. The number of nitrogen functional groups attached to an aromatic ring is 1. The van der Waals surface area contributed by atoms with E-state index < -0.39 is 16.1 Å². The van der Waals surface area contributed by atoms with Gasteiger partial charge in [0.1, 0.15) is 0 Å². The summed E-state index contributed by atoms with van der Waals surface area (Å²) in [6.07, 6.45) is 0. The van der Waals surface area contributed by atoms with Gasteiger partial charge >= 0.3 is 6.03 Å². The molecule has 100 valence electrons. The van der Waals surface area contributed by atoms with Gasteiger partial charge in [-0.25, -0.2) is 17.9 Å². The number of anilines is 1. The normalized spacial score (nSPS) is 11.2. The van der Waals surface area contributed by atoms with Crippen molar-refractivity contribution in [3.05, 3.63) is 22.7 Å². The monoisotopic (exact) mass is 336 g/mol. The summed E-state index contributed by atoms with van der Waals surface area (Å²) in [6, 6.07) is 3.76. The largest absolute Gasteiger partial charge is 0.399 e.